The summed E-state index contributed by atoms with van der Waals surface area (Å²) in [7, 11) is 0. The standard InChI is InChI=1S/C9H15N3O2/c1-9(10,6-2-3-6)8-11-7(4-5-13)12-14-8/h6,13H,2-5,10H2,1H3. The van der Waals surface area contributed by atoms with Crippen molar-refractivity contribution in [3.05, 3.63) is 11.7 Å². The molecule has 0 aromatic carbocycles. The molecule has 1 unspecified atom stereocenters. The van der Waals surface area contributed by atoms with Gasteiger partial charge in [-0.3, -0.25) is 0 Å². The van der Waals surface area contributed by atoms with E-state index in [9.17, 15) is 0 Å². The molecule has 0 amide bonds. The predicted octanol–water partition coefficient (Wildman–Crippen LogP) is 0.188. The lowest BCUT2D eigenvalue weighted by molar-refractivity contribution is 0.269. The van der Waals surface area contributed by atoms with Crippen LogP contribution in [0, 0.1) is 5.92 Å². The number of nitrogens with two attached hydrogens (primary N) is 1. The van der Waals surface area contributed by atoms with Crippen LogP contribution < -0.4 is 5.73 Å². The van der Waals surface area contributed by atoms with Crippen LogP contribution in [0.15, 0.2) is 4.52 Å². The Morgan fingerprint density at radius 2 is 2.36 bits per heavy atom. The first-order valence-corrected chi connectivity index (χ1v) is 4.87. The lowest BCUT2D eigenvalue weighted by Gasteiger charge is -2.18. The van der Waals surface area contributed by atoms with E-state index in [-0.39, 0.29) is 6.61 Å². The third-order valence-electron chi connectivity index (χ3n) is 2.69. The van der Waals surface area contributed by atoms with Crippen molar-refractivity contribution in [1.82, 2.24) is 10.1 Å². The molecular weight excluding hydrogens is 182 g/mol. The summed E-state index contributed by atoms with van der Waals surface area (Å²) in [4.78, 5) is 4.17. The van der Waals surface area contributed by atoms with Crippen molar-refractivity contribution < 1.29 is 9.63 Å². The van der Waals surface area contributed by atoms with Crippen LogP contribution >= 0.6 is 0 Å². The van der Waals surface area contributed by atoms with Crippen LogP contribution in [-0.2, 0) is 12.0 Å². The molecule has 0 bridgehead atoms. The Kier molecular flexibility index (Phi) is 2.28. The zero-order chi connectivity index (χ0) is 10.2. The minimum atomic E-state index is -0.499. The Bertz CT molecular complexity index is 318. The second-order valence-corrected chi connectivity index (χ2v) is 4.05. The number of aromatic nitrogens is 2. The number of hydrogen-bond donors (Lipinski definition) is 2. The van der Waals surface area contributed by atoms with Gasteiger partial charge < -0.3 is 15.4 Å². The summed E-state index contributed by atoms with van der Waals surface area (Å²) in [5.41, 5.74) is 5.59. The Morgan fingerprint density at radius 1 is 1.64 bits per heavy atom. The molecule has 1 atom stereocenters. The summed E-state index contributed by atoms with van der Waals surface area (Å²) in [6, 6.07) is 0. The number of hydrogen-bond acceptors (Lipinski definition) is 5. The SMILES string of the molecule is CC(N)(c1nc(CCO)no1)C1CC1. The van der Waals surface area contributed by atoms with Gasteiger partial charge >= 0.3 is 0 Å². The predicted molar refractivity (Wildman–Crippen MR) is 49.4 cm³/mol. The number of aliphatic hydroxyl groups is 1. The second kappa shape index (κ2) is 3.33. The van der Waals surface area contributed by atoms with E-state index in [4.69, 9.17) is 15.4 Å². The molecule has 0 aliphatic heterocycles. The lowest BCUT2D eigenvalue weighted by Crippen LogP contribution is -2.35. The van der Waals surface area contributed by atoms with Gasteiger partial charge in [-0.25, -0.2) is 0 Å². The molecule has 1 fully saturated rings. The summed E-state index contributed by atoms with van der Waals surface area (Å²) in [5, 5.41) is 12.5. The molecule has 0 saturated heterocycles. The van der Waals surface area contributed by atoms with Crippen LogP contribution in [0.4, 0.5) is 0 Å². The first kappa shape index (κ1) is 9.61. The van der Waals surface area contributed by atoms with Crippen LogP contribution in [-0.4, -0.2) is 21.9 Å². The first-order valence-electron chi connectivity index (χ1n) is 4.87. The summed E-state index contributed by atoms with van der Waals surface area (Å²) in [6.07, 6.45) is 2.68. The quantitative estimate of drug-likeness (QED) is 0.719. The fourth-order valence-corrected chi connectivity index (χ4v) is 1.53. The van der Waals surface area contributed by atoms with E-state index in [0.717, 1.165) is 12.8 Å². The van der Waals surface area contributed by atoms with Crippen molar-refractivity contribution >= 4 is 0 Å². The van der Waals surface area contributed by atoms with Crippen LogP contribution in [0.3, 0.4) is 0 Å². The van der Waals surface area contributed by atoms with E-state index in [1.165, 1.54) is 0 Å². The Labute approximate surface area is 82.3 Å². The van der Waals surface area contributed by atoms with Crippen LogP contribution in [0.5, 0.6) is 0 Å². The molecule has 1 aromatic rings. The van der Waals surface area contributed by atoms with Gasteiger partial charge in [-0.05, 0) is 25.7 Å². The smallest absolute Gasteiger partial charge is 0.246 e. The summed E-state index contributed by atoms with van der Waals surface area (Å²) >= 11 is 0. The number of aliphatic hydroxyl groups excluding tert-OH is 1. The summed E-state index contributed by atoms with van der Waals surface area (Å²) in [6.45, 7) is 1.95. The van der Waals surface area contributed by atoms with E-state index in [2.05, 4.69) is 10.1 Å². The molecule has 1 aromatic heterocycles. The Morgan fingerprint density at radius 3 is 2.93 bits per heavy atom. The highest BCUT2D eigenvalue weighted by atomic mass is 16.5. The third-order valence-corrected chi connectivity index (χ3v) is 2.69. The van der Waals surface area contributed by atoms with E-state index >= 15 is 0 Å². The highest BCUT2D eigenvalue weighted by molar-refractivity contribution is 5.07. The minimum absolute atomic E-state index is 0.0314. The normalized spacial score (nSPS) is 20.8. The molecule has 1 aliphatic rings. The van der Waals surface area contributed by atoms with Gasteiger partial charge in [-0.15, -0.1) is 0 Å². The molecule has 0 radical (unpaired) electrons. The van der Waals surface area contributed by atoms with Gasteiger partial charge in [0.1, 0.15) is 0 Å². The zero-order valence-corrected chi connectivity index (χ0v) is 8.23. The van der Waals surface area contributed by atoms with Crippen LogP contribution in [0.1, 0.15) is 31.5 Å². The number of rotatable bonds is 4. The molecule has 3 N–H and O–H groups in total. The highest BCUT2D eigenvalue weighted by Gasteiger charge is 2.43. The fourth-order valence-electron chi connectivity index (χ4n) is 1.53. The average molecular weight is 197 g/mol. The molecule has 1 aliphatic carbocycles. The van der Waals surface area contributed by atoms with Crippen molar-refractivity contribution in [2.24, 2.45) is 11.7 Å². The minimum Gasteiger partial charge on any atom is -0.396 e. The summed E-state index contributed by atoms with van der Waals surface area (Å²) in [5.74, 6) is 1.48. The van der Waals surface area contributed by atoms with Crippen molar-refractivity contribution in [2.45, 2.75) is 31.7 Å². The topological polar surface area (TPSA) is 85.2 Å². The van der Waals surface area contributed by atoms with E-state index in [0.29, 0.717) is 24.1 Å². The molecule has 2 rings (SSSR count). The van der Waals surface area contributed by atoms with Crippen molar-refractivity contribution in [3.8, 4) is 0 Å². The van der Waals surface area contributed by atoms with Gasteiger partial charge in [0.2, 0.25) is 5.89 Å². The van der Waals surface area contributed by atoms with Crippen LogP contribution in [0.25, 0.3) is 0 Å². The molecule has 78 valence electrons. The maximum Gasteiger partial charge on any atom is 0.246 e. The van der Waals surface area contributed by atoms with Gasteiger partial charge in [-0.1, -0.05) is 5.16 Å². The largest absolute Gasteiger partial charge is 0.396 e. The molecule has 1 heterocycles. The average Bonchev–Trinajstić information content (AvgIpc) is 2.89. The molecule has 1 saturated carbocycles. The van der Waals surface area contributed by atoms with Crippen molar-refractivity contribution in [1.29, 1.82) is 0 Å². The van der Waals surface area contributed by atoms with Gasteiger partial charge in [0.25, 0.3) is 0 Å². The van der Waals surface area contributed by atoms with Crippen molar-refractivity contribution in [2.75, 3.05) is 6.61 Å². The molecule has 5 heteroatoms. The molecular formula is C9H15N3O2. The third kappa shape index (κ3) is 1.65. The van der Waals surface area contributed by atoms with Gasteiger partial charge in [0.15, 0.2) is 5.82 Å². The van der Waals surface area contributed by atoms with Gasteiger partial charge in [0.05, 0.1) is 12.1 Å². The van der Waals surface area contributed by atoms with Gasteiger partial charge in [-0.2, -0.15) is 4.98 Å². The van der Waals surface area contributed by atoms with Crippen molar-refractivity contribution in [3.63, 3.8) is 0 Å². The summed E-state index contributed by atoms with van der Waals surface area (Å²) < 4.78 is 5.09. The Hall–Kier alpha value is -0.940. The maximum atomic E-state index is 8.70. The Balaban J connectivity index is 2.14. The second-order valence-electron chi connectivity index (χ2n) is 4.05. The first-order chi connectivity index (χ1) is 6.64. The van der Waals surface area contributed by atoms with E-state index in [1.54, 1.807) is 0 Å². The molecule has 0 spiro atoms. The zero-order valence-electron chi connectivity index (χ0n) is 8.23. The van der Waals surface area contributed by atoms with Crippen LogP contribution in [0.2, 0.25) is 0 Å². The number of nitrogens with zero attached hydrogens (tertiary/aromatic N) is 2. The fraction of sp³-hybridized carbons (Fsp3) is 0.778. The maximum absolute atomic E-state index is 8.70. The highest BCUT2D eigenvalue weighted by Crippen LogP contribution is 2.43. The molecule has 5 nitrogen and oxygen atoms in total. The van der Waals surface area contributed by atoms with E-state index in [1.807, 2.05) is 6.92 Å². The van der Waals surface area contributed by atoms with Gasteiger partial charge in [0, 0.05) is 6.42 Å². The monoisotopic (exact) mass is 197 g/mol. The molecule has 14 heavy (non-hydrogen) atoms. The lowest BCUT2D eigenvalue weighted by atomic mass is 9.97. The van der Waals surface area contributed by atoms with E-state index < -0.39 is 5.54 Å².